The van der Waals surface area contributed by atoms with Crippen molar-refractivity contribution in [3.05, 3.63) is 72.8 Å². The summed E-state index contributed by atoms with van der Waals surface area (Å²) >= 11 is 0. The number of hydrogen-bond acceptors (Lipinski definition) is 6. The zero-order valence-electron chi connectivity index (χ0n) is 17.0. The predicted octanol–water partition coefficient (Wildman–Crippen LogP) is 2.23. The van der Waals surface area contributed by atoms with Gasteiger partial charge in [0.05, 0.1) is 10.5 Å². The summed E-state index contributed by atoms with van der Waals surface area (Å²) in [7, 11) is -4.05. The number of nitrogens with one attached hydrogen (secondary N) is 1. The molecule has 0 aromatic heterocycles. The number of aliphatic hydroxyl groups is 1. The smallest absolute Gasteiger partial charge is 0.261 e. The van der Waals surface area contributed by atoms with Crippen LogP contribution in [0.1, 0.15) is 24.8 Å². The lowest BCUT2D eigenvalue weighted by molar-refractivity contribution is -0.138. The van der Waals surface area contributed by atoms with Crippen molar-refractivity contribution in [1.29, 1.82) is 0 Å². The Morgan fingerprint density at radius 2 is 1.90 bits per heavy atom. The Labute approximate surface area is 181 Å². The van der Waals surface area contributed by atoms with Crippen LogP contribution in [0.4, 0.5) is 0 Å². The Hall–Kier alpha value is -2.72. The molecule has 3 N–H and O–H groups in total. The molecule has 1 fully saturated rings. The van der Waals surface area contributed by atoms with Gasteiger partial charge in [-0.3, -0.25) is 10.0 Å². The van der Waals surface area contributed by atoms with E-state index in [4.69, 9.17) is 9.94 Å². The Morgan fingerprint density at radius 3 is 2.52 bits per heavy atom. The number of amides is 1. The third-order valence-corrected chi connectivity index (χ3v) is 7.26. The third kappa shape index (κ3) is 5.31. The molecule has 0 spiro atoms. The van der Waals surface area contributed by atoms with Gasteiger partial charge in [-0.25, -0.2) is 13.9 Å². The maximum atomic E-state index is 13.2. The summed E-state index contributed by atoms with van der Waals surface area (Å²) in [5.74, 6) is -0.389. The maximum absolute atomic E-state index is 13.2. The molecule has 2 atom stereocenters. The molecule has 1 heterocycles. The van der Waals surface area contributed by atoms with E-state index < -0.39 is 27.6 Å². The molecule has 1 aliphatic heterocycles. The number of rotatable bonds is 8. The number of hydrogen-bond donors (Lipinski definition) is 3. The topological polar surface area (TPSA) is 116 Å². The molecule has 0 saturated carbocycles. The molecule has 9 heteroatoms. The first-order chi connectivity index (χ1) is 14.8. The molecule has 0 bridgehead atoms. The van der Waals surface area contributed by atoms with E-state index in [9.17, 15) is 18.3 Å². The zero-order valence-corrected chi connectivity index (χ0v) is 17.8. The second-order valence-corrected chi connectivity index (χ2v) is 9.42. The Balaban J connectivity index is 1.77. The standard InChI is InChI=1S/C22H26N2O6S/c1-2-12-22(26)13-14-24(20(15-22)21(25)23-27)31(28,29)19-10-8-18(9-11-19)30-16-17-6-4-3-5-7-17/h2-11,20,26-27H,1,12-16H2,(H,23,25). The highest BCUT2D eigenvalue weighted by Gasteiger charge is 2.45. The predicted molar refractivity (Wildman–Crippen MR) is 114 cm³/mol. The molecule has 2 aromatic carbocycles. The summed E-state index contributed by atoms with van der Waals surface area (Å²) in [4.78, 5) is 12.2. The number of piperidine rings is 1. The second-order valence-electron chi connectivity index (χ2n) is 7.52. The normalized spacial score (nSPS) is 21.9. The van der Waals surface area contributed by atoms with Crippen LogP contribution in [0.25, 0.3) is 0 Å². The van der Waals surface area contributed by atoms with Crippen LogP contribution >= 0.6 is 0 Å². The van der Waals surface area contributed by atoms with Gasteiger partial charge in [-0.1, -0.05) is 36.4 Å². The summed E-state index contributed by atoms with van der Waals surface area (Å²) in [5.41, 5.74) is 1.23. The van der Waals surface area contributed by atoms with E-state index in [0.717, 1.165) is 9.87 Å². The third-order valence-electron chi connectivity index (χ3n) is 5.33. The molecule has 2 unspecified atom stereocenters. The van der Waals surface area contributed by atoms with Gasteiger partial charge in [0.2, 0.25) is 10.0 Å². The number of carbonyl (C=O) groups excluding carboxylic acids is 1. The maximum Gasteiger partial charge on any atom is 0.261 e. The Bertz CT molecular complexity index is 1010. The lowest BCUT2D eigenvalue weighted by Gasteiger charge is -2.41. The summed E-state index contributed by atoms with van der Waals surface area (Å²) in [6, 6.07) is 14.2. The van der Waals surface area contributed by atoms with E-state index in [-0.39, 0.29) is 30.7 Å². The molecule has 166 valence electrons. The molecule has 1 aliphatic rings. The number of carbonyl (C=O) groups is 1. The number of nitrogens with zero attached hydrogens (tertiary/aromatic N) is 1. The van der Waals surface area contributed by atoms with Crippen LogP contribution in [0.2, 0.25) is 0 Å². The largest absolute Gasteiger partial charge is 0.489 e. The van der Waals surface area contributed by atoms with E-state index in [1.54, 1.807) is 12.1 Å². The van der Waals surface area contributed by atoms with Crippen LogP contribution in [-0.4, -0.2) is 47.1 Å². The highest BCUT2D eigenvalue weighted by molar-refractivity contribution is 7.89. The van der Waals surface area contributed by atoms with Crippen LogP contribution in [0.3, 0.4) is 0 Å². The average molecular weight is 447 g/mol. The van der Waals surface area contributed by atoms with Crippen LogP contribution in [-0.2, 0) is 21.4 Å². The van der Waals surface area contributed by atoms with Gasteiger partial charge < -0.3 is 9.84 Å². The molecule has 1 amide bonds. The Kier molecular flexibility index (Phi) is 7.11. The Morgan fingerprint density at radius 1 is 1.23 bits per heavy atom. The fraction of sp³-hybridized carbons (Fsp3) is 0.318. The first-order valence-corrected chi connectivity index (χ1v) is 11.3. The molecule has 0 aliphatic carbocycles. The van der Waals surface area contributed by atoms with E-state index in [2.05, 4.69) is 6.58 Å². The molecule has 31 heavy (non-hydrogen) atoms. The minimum Gasteiger partial charge on any atom is -0.489 e. The number of sulfonamides is 1. The van der Waals surface area contributed by atoms with Gasteiger partial charge in [0.15, 0.2) is 0 Å². The van der Waals surface area contributed by atoms with Crippen LogP contribution < -0.4 is 10.2 Å². The summed E-state index contributed by atoms with van der Waals surface area (Å²) in [6.45, 7) is 3.87. The molecule has 1 saturated heterocycles. The van der Waals surface area contributed by atoms with Crippen LogP contribution in [0, 0.1) is 0 Å². The van der Waals surface area contributed by atoms with E-state index in [1.807, 2.05) is 30.3 Å². The molecular weight excluding hydrogens is 420 g/mol. The zero-order chi connectivity index (χ0) is 22.5. The first-order valence-electron chi connectivity index (χ1n) is 9.85. The van der Waals surface area contributed by atoms with Crippen LogP contribution in [0.15, 0.2) is 72.1 Å². The fourth-order valence-electron chi connectivity index (χ4n) is 3.66. The van der Waals surface area contributed by atoms with Gasteiger partial charge in [-0.15, -0.1) is 6.58 Å². The summed E-state index contributed by atoms with van der Waals surface area (Å²) in [5, 5.41) is 19.7. The monoisotopic (exact) mass is 446 g/mol. The molecule has 0 radical (unpaired) electrons. The van der Waals surface area contributed by atoms with Gasteiger partial charge in [-0.2, -0.15) is 4.31 Å². The number of benzene rings is 2. The van der Waals surface area contributed by atoms with Crippen molar-refractivity contribution in [2.45, 2.75) is 42.4 Å². The van der Waals surface area contributed by atoms with Crippen molar-refractivity contribution in [1.82, 2.24) is 9.79 Å². The fourth-order valence-corrected chi connectivity index (χ4v) is 5.25. The van der Waals surface area contributed by atoms with Crippen molar-refractivity contribution in [3.8, 4) is 5.75 Å². The number of ether oxygens (including phenoxy) is 1. The minimum absolute atomic E-state index is 0.00976. The average Bonchev–Trinajstić information content (AvgIpc) is 2.78. The number of hydroxylamine groups is 1. The van der Waals surface area contributed by atoms with Gasteiger partial charge in [0.25, 0.3) is 5.91 Å². The van der Waals surface area contributed by atoms with E-state index in [0.29, 0.717) is 12.4 Å². The van der Waals surface area contributed by atoms with Crippen LogP contribution in [0.5, 0.6) is 5.75 Å². The summed E-state index contributed by atoms with van der Waals surface area (Å²) < 4.78 is 33.1. The van der Waals surface area contributed by atoms with Gasteiger partial charge in [0.1, 0.15) is 18.4 Å². The molecule has 3 rings (SSSR count). The lowest BCUT2D eigenvalue weighted by atomic mass is 9.85. The molecular formula is C22H26N2O6S. The van der Waals surface area contributed by atoms with Gasteiger partial charge in [-0.05, 0) is 42.7 Å². The molecule has 2 aromatic rings. The summed E-state index contributed by atoms with van der Waals surface area (Å²) in [6.07, 6.45) is 1.73. The van der Waals surface area contributed by atoms with Crippen molar-refractivity contribution in [3.63, 3.8) is 0 Å². The highest BCUT2D eigenvalue weighted by Crippen LogP contribution is 2.34. The lowest BCUT2D eigenvalue weighted by Crippen LogP contribution is -2.57. The van der Waals surface area contributed by atoms with E-state index >= 15 is 0 Å². The van der Waals surface area contributed by atoms with Crippen molar-refractivity contribution in [2.75, 3.05) is 6.54 Å². The second kappa shape index (κ2) is 9.61. The van der Waals surface area contributed by atoms with Crippen molar-refractivity contribution >= 4 is 15.9 Å². The first kappa shape index (κ1) is 23.0. The quantitative estimate of drug-likeness (QED) is 0.325. The van der Waals surface area contributed by atoms with E-state index in [1.165, 1.54) is 23.7 Å². The molecule has 8 nitrogen and oxygen atoms in total. The van der Waals surface area contributed by atoms with Gasteiger partial charge in [0, 0.05) is 13.0 Å². The van der Waals surface area contributed by atoms with Gasteiger partial charge >= 0.3 is 0 Å². The van der Waals surface area contributed by atoms with Crippen molar-refractivity contribution in [2.24, 2.45) is 0 Å². The van der Waals surface area contributed by atoms with Crippen molar-refractivity contribution < 1.29 is 28.3 Å². The minimum atomic E-state index is -4.05. The highest BCUT2D eigenvalue weighted by atomic mass is 32.2. The SMILES string of the molecule is C=CCC1(O)CCN(S(=O)(=O)c2ccc(OCc3ccccc3)cc2)C(C(=O)NO)C1.